The smallest absolute Gasteiger partial charge is 0.322 e. The van der Waals surface area contributed by atoms with Gasteiger partial charge in [-0.15, -0.1) is 5.10 Å². The van der Waals surface area contributed by atoms with Crippen molar-refractivity contribution >= 4 is 27.9 Å². The van der Waals surface area contributed by atoms with Crippen LogP contribution in [0, 0.1) is 0 Å². The maximum atomic E-state index is 12.4. The minimum atomic E-state index is -0.471. The lowest BCUT2D eigenvalue weighted by Gasteiger charge is -2.09. The lowest BCUT2D eigenvalue weighted by molar-refractivity contribution is 0.102. The van der Waals surface area contributed by atoms with Gasteiger partial charge in [-0.3, -0.25) is 10.1 Å². The van der Waals surface area contributed by atoms with Crippen LogP contribution in [-0.2, 0) is 0 Å². The van der Waals surface area contributed by atoms with Crippen LogP contribution in [-0.4, -0.2) is 30.3 Å². The molecule has 0 radical (unpaired) electrons. The van der Waals surface area contributed by atoms with E-state index in [-0.39, 0.29) is 17.5 Å². The van der Waals surface area contributed by atoms with E-state index in [1.54, 1.807) is 30.3 Å². The number of methoxy groups -OCH3 is 2. The predicted octanol–water partition coefficient (Wildman–Crippen LogP) is 3.36. The minimum absolute atomic E-state index is 0.0626. The molecule has 0 saturated heterocycles. The van der Waals surface area contributed by atoms with E-state index in [2.05, 4.69) is 31.4 Å². The van der Waals surface area contributed by atoms with Crippen LogP contribution in [0.25, 0.3) is 11.7 Å². The van der Waals surface area contributed by atoms with Gasteiger partial charge >= 0.3 is 6.01 Å². The Morgan fingerprint density at radius 3 is 2.62 bits per heavy atom. The summed E-state index contributed by atoms with van der Waals surface area (Å²) in [6, 6.07) is 8.16. The molecular formula is C15H12BrN3O5. The van der Waals surface area contributed by atoms with Crippen molar-refractivity contribution in [1.82, 2.24) is 10.2 Å². The Hall–Kier alpha value is -2.81. The van der Waals surface area contributed by atoms with Gasteiger partial charge in [0.15, 0.2) is 10.4 Å². The van der Waals surface area contributed by atoms with Crippen molar-refractivity contribution in [1.29, 1.82) is 0 Å². The Morgan fingerprint density at radius 1 is 1.12 bits per heavy atom. The Balaban J connectivity index is 1.81. The van der Waals surface area contributed by atoms with E-state index in [4.69, 9.17) is 18.3 Å². The highest BCUT2D eigenvalue weighted by molar-refractivity contribution is 9.10. The first-order chi connectivity index (χ1) is 11.6. The molecule has 0 bridgehead atoms. The van der Waals surface area contributed by atoms with Crippen molar-refractivity contribution in [2.75, 3.05) is 19.5 Å². The SMILES string of the molecule is COc1ccc(OC)c(C(=O)Nc2nnc(-c3ccc(Br)o3)o2)c1. The Labute approximate surface area is 144 Å². The third-order valence-corrected chi connectivity index (χ3v) is 3.51. The summed E-state index contributed by atoms with van der Waals surface area (Å²) in [7, 11) is 2.98. The van der Waals surface area contributed by atoms with Crippen LogP contribution in [0.2, 0.25) is 0 Å². The zero-order chi connectivity index (χ0) is 17.1. The zero-order valence-electron chi connectivity index (χ0n) is 12.7. The molecule has 24 heavy (non-hydrogen) atoms. The number of hydrogen-bond acceptors (Lipinski definition) is 7. The van der Waals surface area contributed by atoms with E-state index in [1.165, 1.54) is 14.2 Å². The Morgan fingerprint density at radius 2 is 1.96 bits per heavy atom. The van der Waals surface area contributed by atoms with Gasteiger partial charge < -0.3 is 18.3 Å². The van der Waals surface area contributed by atoms with Gasteiger partial charge in [0, 0.05) is 0 Å². The van der Waals surface area contributed by atoms with Crippen LogP contribution in [0.15, 0.2) is 43.8 Å². The standard InChI is InChI=1S/C15H12BrN3O5/c1-21-8-3-4-10(22-2)9(7-8)13(20)17-15-19-18-14(24-15)11-5-6-12(16)23-11/h3-7H,1-2H3,(H,17,19,20). The molecule has 0 aliphatic heterocycles. The molecule has 2 aromatic heterocycles. The number of amides is 1. The molecule has 0 spiro atoms. The third-order valence-electron chi connectivity index (χ3n) is 3.08. The summed E-state index contributed by atoms with van der Waals surface area (Å²) in [6.07, 6.45) is 0. The number of anilines is 1. The lowest BCUT2D eigenvalue weighted by Crippen LogP contribution is -2.13. The molecule has 1 aromatic carbocycles. The number of ether oxygens (including phenoxy) is 2. The minimum Gasteiger partial charge on any atom is -0.497 e. The van der Waals surface area contributed by atoms with Gasteiger partial charge in [0.1, 0.15) is 11.5 Å². The number of aromatic nitrogens is 2. The quantitative estimate of drug-likeness (QED) is 0.708. The van der Waals surface area contributed by atoms with Crippen LogP contribution < -0.4 is 14.8 Å². The highest BCUT2D eigenvalue weighted by atomic mass is 79.9. The second-order valence-electron chi connectivity index (χ2n) is 4.54. The number of hydrogen-bond donors (Lipinski definition) is 1. The molecule has 0 atom stereocenters. The monoisotopic (exact) mass is 393 g/mol. The largest absolute Gasteiger partial charge is 0.497 e. The van der Waals surface area contributed by atoms with E-state index in [1.807, 2.05) is 0 Å². The number of furan rings is 1. The topological polar surface area (TPSA) is 99.6 Å². The Kier molecular flexibility index (Phi) is 4.52. The summed E-state index contributed by atoms with van der Waals surface area (Å²) in [4.78, 5) is 12.4. The molecule has 1 amide bonds. The van der Waals surface area contributed by atoms with Gasteiger partial charge in [0.2, 0.25) is 0 Å². The van der Waals surface area contributed by atoms with Crippen molar-refractivity contribution < 1.29 is 23.1 Å². The van der Waals surface area contributed by atoms with Gasteiger partial charge in [0.05, 0.1) is 19.8 Å². The number of halogens is 1. The average Bonchev–Trinajstić information content (AvgIpc) is 3.23. The molecule has 2 heterocycles. The number of nitrogens with zero attached hydrogens (tertiary/aromatic N) is 2. The van der Waals surface area contributed by atoms with E-state index < -0.39 is 5.91 Å². The average molecular weight is 394 g/mol. The highest BCUT2D eigenvalue weighted by Gasteiger charge is 2.18. The van der Waals surface area contributed by atoms with Gasteiger partial charge in [-0.2, -0.15) is 0 Å². The van der Waals surface area contributed by atoms with E-state index in [9.17, 15) is 4.79 Å². The normalized spacial score (nSPS) is 10.5. The summed E-state index contributed by atoms with van der Waals surface area (Å²) in [5, 5.41) is 10.1. The molecule has 0 aliphatic carbocycles. The first kappa shape index (κ1) is 16.1. The van der Waals surface area contributed by atoms with Gasteiger partial charge in [-0.25, -0.2) is 0 Å². The van der Waals surface area contributed by atoms with E-state index in [0.29, 0.717) is 21.9 Å². The molecule has 124 valence electrons. The molecule has 0 unspecified atom stereocenters. The van der Waals surface area contributed by atoms with Crippen molar-refractivity contribution in [3.63, 3.8) is 0 Å². The van der Waals surface area contributed by atoms with Crippen LogP contribution in [0.3, 0.4) is 0 Å². The predicted molar refractivity (Wildman–Crippen MR) is 87.2 cm³/mol. The first-order valence-corrected chi connectivity index (χ1v) is 7.52. The summed E-state index contributed by atoms with van der Waals surface area (Å²) in [5.41, 5.74) is 0.275. The maximum Gasteiger partial charge on any atom is 0.322 e. The van der Waals surface area contributed by atoms with Gasteiger partial charge in [0.25, 0.3) is 11.8 Å². The maximum absolute atomic E-state index is 12.4. The summed E-state index contributed by atoms with van der Waals surface area (Å²) < 4.78 is 21.5. The Bertz CT molecular complexity index is 874. The number of carbonyl (C=O) groups excluding carboxylic acids is 1. The second-order valence-corrected chi connectivity index (χ2v) is 5.32. The van der Waals surface area contributed by atoms with E-state index >= 15 is 0 Å². The van der Waals surface area contributed by atoms with Crippen molar-refractivity contribution in [3.05, 3.63) is 40.6 Å². The summed E-state index contributed by atoms with van der Waals surface area (Å²) >= 11 is 3.18. The molecule has 0 aliphatic rings. The number of carbonyl (C=O) groups is 1. The summed E-state index contributed by atoms with van der Waals surface area (Å²) in [5.74, 6) is 0.972. The lowest BCUT2D eigenvalue weighted by atomic mass is 10.1. The van der Waals surface area contributed by atoms with Gasteiger partial charge in [-0.1, -0.05) is 5.10 Å². The molecular weight excluding hydrogens is 382 g/mol. The highest BCUT2D eigenvalue weighted by Crippen LogP contribution is 2.27. The van der Waals surface area contributed by atoms with Crippen LogP contribution >= 0.6 is 15.9 Å². The van der Waals surface area contributed by atoms with Crippen LogP contribution in [0.4, 0.5) is 6.01 Å². The fourth-order valence-corrected chi connectivity index (χ4v) is 2.27. The zero-order valence-corrected chi connectivity index (χ0v) is 14.3. The number of benzene rings is 1. The fraction of sp³-hybridized carbons (Fsp3) is 0.133. The first-order valence-electron chi connectivity index (χ1n) is 6.73. The van der Waals surface area contributed by atoms with Crippen molar-refractivity contribution in [2.24, 2.45) is 0 Å². The summed E-state index contributed by atoms with van der Waals surface area (Å²) in [6.45, 7) is 0. The van der Waals surface area contributed by atoms with Crippen LogP contribution in [0.1, 0.15) is 10.4 Å². The molecule has 0 fully saturated rings. The van der Waals surface area contributed by atoms with E-state index in [0.717, 1.165) is 0 Å². The molecule has 1 N–H and O–H groups in total. The van der Waals surface area contributed by atoms with Crippen molar-refractivity contribution in [2.45, 2.75) is 0 Å². The fourth-order valence-electron chi connectivity index (χ4n) is 1.96. The second kappa shape index (κ2) is 6.75. The van der Waals surface area contributed by atoms with Crippen molar-refractivity contribution in [3.8, 4) is 23.1 Å². The molecule has 9 heteroatoms. The molecule has 3 aromatic rings. The number of nitrogens with one attached hydrogen (secondary N) is 1. The number of rotatable bonds is 5. The molecule has 3 rings (SSSR count). The third kappa shape index (κ3) is 3.25. The van der Waals surface area contributed by atoms with Gasteiger partial charge in [-0.05, 0) is 46.3 Å². The van der Waals surface area contributed by atoms with Crippen LogP contribution in [0.5, 0.6) is 11.5 Å². The molecule has 0 saturated carbocycles. The molecule has 8 nitrogen and oxygen atoms in total.